The molecular weight excluding hydrogens is 454 g/mol. The quantitative estimate of drug-likeness (QED) is 0.465. The van der Waals surface area contributed by atoms with Gasteiger partial charge in [-0.3, -0.25) is 4.79 Å². The zero-order valence-corrected chi connectivity index (χ0v) is 18.9. The zero-order valence-electron chi connectivity index (χ0n) is 16.5. The molecular formula is C21H24BrN3O3S. The molecule has 1 atom stereocenters. The standard InChI is InChI=1S/C21H24BrN3O3S/c1-3-28-21(27)16-4-9-19(23-14-16)24-10-12-25(13-11-24)20(26)15(2)29-18-7-5-17(22)6-8-18/h4-9,14-15H,3,10-13H2,1-2H3. The predicted octanol–water partition coefficient (Wildman–Crippen LogP) is 3.85. The number of halogens is 1. The molecule has 1 aliphatic rings. The number of hydrogen-bond acceptors (Lipinski definition) is 6. The lowest BCUT2D eigenvalue weighted by atomic mass is 10.2. The summed E-state index contributed by atoms with van der Waals surface area (Å²) in [5.74, 6) is 0.602. The molecule has 1 aromatic carbocycles. The van der Waals surface area contributed by atoms with E-state index in [1.807, 2.05) is 42.2 Å². The van der Waals surface area contributed by atoms with E-state index in [4.69, 9.17) is 4.74 Å². The molecule has 0 N–H and O–H groups in total. The van der Waals surface area contributed by atoms with Crippen LogP contribution in [0.2, 0.25) is 0 Å². The summed E-state index contributed by atoms with van der Waals surface area (Å²) in [5.41, 5.74) is 0.447. The topological polar surface area (TPSA) is 62.7 Å². The summed E-state index contributed by atoms with van der Waals surface area (Å²) >= 11 is 5.01. The van der Waals surface area contributed by atoms with Gasteiger partial charge in [-0.25, -0.2) is 9.78 Å². The highest BCUT2D eigenvalue weighted by Gasteiger charge is 2.26. The molecule has 1 aromatic heterocycles. The summed E-state index contributed by atoms with van der Waals surface area (Å²) in [7, 11) is 0. The van der Waals surface area contributed by atoms with E-state index in [1.54, 1.807) is 30.9 Å². The van der Waals surface area contributed by atoms with Crippen LogP contribution >= 0.6 is 27.7 Å². The second-order valence-corrected chi connectivity index (χ2v) is 8.98. The Morgan fingerprint density at radius 3 is 2.41 bits per heavy atom. The molecule has 6 nitrogen and oxygen atoms in total. The van der Waals surface area contributed by atoms with Crippen molar-refractivity contribution in [3.05, 3.63) is 52.6 Å². The van der Waals surface area contributed by atoms with E-state index in [2.05, 4.69) is 25.8 Å². The fraction of sp³-hybridized carbons (Fsp3) is 0.381. The predicted molar refractivity (Wildman–Crippen MR) is 118 cm³/mol. The van der Waals surface area contributed by atoms with Gasteiger partial charge in [0.1, 0.15) is 5.82 Å². The number of pyridine rings is 1. The fourth-order valence-electron chi connectivity index (χ4n) is 3.09. The van der Waals surface area contributed by atoms with Crippen LogP contribution in [0.1, 0.15) is 24.2 Å². The van der Waals surface area contributed by atoms with Crippen LogP contribution in [0.25, 0.3) is 0 Å². The number of esters is 1. The summed E-state index contributed by atoms with van der Waals surface area (Å²) in [6, 6.07) is 11.6. The maximum absolute atomic E-state index is 12.8. The SMILES string of the molecule is CCOC(=O)c1ccc(N2CCN(C(=O)C(C)Sc3ccc(Br)cc3)CC2)nc1. The number of aromatic nitrogens is 1. The Morgan fingerprint density at radius 2 is 1.83 bits per heavy atom. The van der Waals surface area contributed by atoms with Crippen LogP contribution < -0.4 is 4.90 Å². The number of rotatable bonds is 6. The molecule has 2 aromatic rings. The lowest BCUT2D eigenvalue weighted by Crippen LogP contribution is -2.50. The Morgan fingerprint density at radius 1 is 1.14 bits per heavy atom. The van der Waals surface area contributed by atoms with E-state index in [-0.39, 0.29) is 17.1 Å². The minimum atomic E-state index is -0.362. The Balaban J connectivity index is 1.52. The molecule has 0 aliphatic carbocycles. The molecule has 2 heterocycles. The van der Waals surface area contributed by atoms with Gasteiger partial charge in [-0.1, -0.05) is 15.9 Å². The highest BCUT2D eigenvalue weighted by atomic mass is 79.9. The van der Waals surface area contributed by atoms with Gasteiger partial charge in [-0.05, 0) is 50.2 Å². The zero-order chi connectivity index (χ0) is 20.8. The van der Waals surface area contributed by atoms with Gasteiger partial charge in [0.25, 0.3) is 0 Å². The minimum absolute atomic E-state index is 0.135. The van der Waals surface area contributed by atoms with Crippen LogP contribution in [0.3, 0.4) is 0 Å². The average molecular weight is 478 g/mol. The van der Waals surface area contributed by atoms with E-state index in [1.165, 1.54) is 0 Å². The number of piperazine rings is 1. The second-order valence-electron chi connectivity index (χ2n) is 6.65. The summed E-state index contributed by atoms with van der Waals surface area (Å²) < 4.78 is 6.01. The molecule has 0 radical (unpaired) electrons. The largest absolute Gasteiger partial charge is 0.462 e. The van der Waals surface area contributed by atoms with E-state index >= 15 is 0 Å². The van der Waals surface area contributed by atoms with Gasteiger partial charge < -0.3 is 14.5 Å². The van der Waals surface area contributed by atoms with Gasteiger partial charge in [0.2, 0.25) is 5.91 Å². The van der Waals surface area contributed by atoms with E-state index in [9.17, 15) is 9.59 Å². The Hall–Kier alpha value is -2.06. The summed E-state index contributed by atoms with van der Waals surface area (Å²) in [5, 5.41) is -0.135. The summed E-state index contributed by atoms with van der Waals surface area (Å²) in [6.45, 7) is 6.82. The number of amides is 1. The smallest absolute Gasteiger partial charge is 0.339 e. The third-order valence-corrected chi connectivity index (χ3v) is 6.28. The normalized spacial score (nSPS) is 15.1. The molecule has 8 heteroatoms. The van der Waals surface area contributed by atoms with Crippen LogP contribution in [0, 0.1) is 0 Å². The Bertz CT molecular complexity index is 837. The second kappa shape index (κ2) is 10.1. The molecule has 1 fully saturated rings. The first-order valence-corrected chi connectivity index (χ1v) is 11.2. The molecule has 3 rings (SSSR count). The van der Waals surface area contributed by atoms with Crippen LogP contribution in [-0.2, 0) is 9.53 Å². The van der Waals surface area contributed by atoms with Crippen molar-refractivity contribution in [2.75, 3.05) is 37.7 Å². The van der Waals surface area contributed by atoms with E-state index < -0.39 is 0 Å². The highest BCUT2D eigenvalue weighted by Crippen LogP contribution is 2.26. The lowest BCUT2D eigenvalue weighted by molar-refractivity contribution is -0.130. The number of hydrogen-bond donors (Lipinski definition) is 0. The van der Waals surface area contributed by atoms with Crippen LogP contribution in [0.4, 0.5) is 5.82 Å². The van der Waals surface area contributed by atoms with Crippen molar-refractivity contribution < 1.29 is 14.3 Å². The van der Waals surface area contributed by atoms with Gasteiger partial charge in [0.05, 0.1) is 17.4 Å². The third kappa shape index (κ3) is 5.73. The van der Waals surface area contributed by atoms with Crippen LogP contribution in [0.15, 0.2) is 52.0 Å². The van der Waals surface area contributed by atoms with Gasteiger partial charge in [0, 0.05) is 41.7 Å². The first-order chi connectivity index (χ1) is 14.0. The number of thioether (sulfide) groups is 1. The van der Waals surface area contributed by atoms with Crippen LogP contribution in [0.5, 0.6) is 0 Å². The third-order valence-electron chi connectivity index (χ3n) is 4.65. The van der Waals surface area contributed by atoms with Gasteiger partial charge in [-0.2, -0.15) is 0 Å². The number of ether oxygens (including phenoxy) is 1. The molecule has 1 saturated heterocycles. The number of nitrogens with zero attached hydrogens (tertiary/aromatic N) is 3. The van der Waals surface area contributed by atoms with Crippen molar-refractivity contribution in [2.24, 2.45) is 0 Å². The number of carbonyl (C=O) groups excluding carboxylic acids is 2. The van der Waals surface area contributed by atoms with E-state index in [0.717, 1.165) is 15.2 Å². The van der Waals surface area contributed by atoms with E-state index in [0.29, 0.717) is 38.3 Å². The Labute approximate surface area is 183 Å². The van der Waals surface area contributed by atoms with Crippen molar-refractivity contribution in [3.63, 3.8) is 0 Å². The van der Waals surface area contributed by atoms with Gasteiger partial charge >= 0.3 is 5.97 Å². The number of anilines is 1. The Kier molecular flexibility index (Phi) is 7.55. The molecule has 154 valence electrons. The molecule has 1 aliphatic heterocycles. The maximum Gasteiger partial charge on any atom is 0.339 e. The van der Waals surface area contributed by atoms with Gasteiger partial charge in [0.15, 0.2) is 0 Å². The van der Waals surface area contributed by atoms with Crippen LogP contribution in [-0.4, -0.2) is 59.8 Å². The van der Waals surface area contributed by atoms with Crippen molar-refractivity contribution in [3.8, 4) is 0 Å². The van der Waals surface area contributed by atoms with Crippen molar-refractivity contribution in [2.45, 2.75) is 24.0 Å². The van der Waals surface area contributed by atoms with Crippen molar-refractivity contribution in [1.29, 1.82) is 0 Å². The monoisotopic (exact) mass is 477 g/mol. The first-order valence-electron chi connectivity index (χ1n) is 9.57. The maximum atomic E-state index is 12.8. The fourth-order valence-corrected chi connectivity index (χ4v) is 4.30. The van der Waals surface area contributed by atoms with Gasteiger partial charge in [-0.15, -0.1) is 11.8 Å². The summed E-state index contributed by atoms with van der Waals surface area (Å²) in [4.78, 5) is 34.1. The first kappa shape index (κ1) is 21.6. The summed E-state index contributed by atoms with van der Waals surface area (Å²) in [6.07, 6.45) is 1.54. The van der Waals surface area contributed by atoms with Crippen molar-refractivity contribution in [1.82, 2.24) is 9.88 Å². The molecule has 0 bridgehead atoms. The molecule has 1 amide bonds. The van der Waals surface area contributed by atoms with Crippen molar-refractivity contribution >= 4 is 45.4 Å². The highest BCUT2D eigenvalue weighted by molar-refractivity contribution is 9.10. The number of benzene rings is 1. The lowest BCUT2D eigenvalue weighted by Gasteiger charge is -2.36. The molecule has 29 heavy (non-hydrogen) atoms. The average Bonchev–Trinajstić information content (AvgIpc) is 2.75. The molecule has 0 spiro atoms. The molecule has 0 saturated carbocycles. The minimum Gasteiger partial charge on any atom is -0.462 e. The molecule has 1 unspecified atom stereocenters. The number of carbonyl (C=O) groups is 2.